The maximum Gasteiger partial charge on any atom is 0.137 e. The Morgan fingerprint density at radius 3 is 2.16 bits per heavy atom. The van der Waals surface area contributed by atoms with Crippen LogP contribution in [0.2, 0.25) is 0 Å². The minimum atomic E-state index is -0.922. The zero-order valence-electron chi connectivity index (χ0n) is 10.6. The van der Waals surface area contributed by atoms with Crippen molar-refractivity contribution in [1.82, 2.24) is 0 Å². The lowest BCUT2D eigenvalue weighted by Crippen LogP contribution is -2.14. The molecule has 0 saturated heterocycles. The quantitative estimate of drug-likeness (QED) is 0.883. The first kappa shape index (κ1) is 14.1. The third-order valence-corrected chi connectivity index (χ3v) is 4.13. The van der Waals surface area contributed by atoms with Crippen LogP contribution in [0.3, 0.4) is 0 Å². The van der Waals surface area contributed by atoms with Gasteiger partial charge in [0.15, 0.2) is 0 Å². The second-order valence-electron chi connectivity index (χ2n) is 4.72. The number of hydrogen-bond acceptors (Lipinski definition) is 2. The van der Waals surface area contributed by atoms with E-state index >= 15 is 0 Å². The molecule has 2 aromatic rings. The van der Waals surface area contributed by atoms with E-state index in [1.807, 2.05) is 13.8 Å². The van der Waals surface area contributed by atoms with Crippen molar-refractivity contribution in [3.8, 4) is 10.4 Å². The van der Waals surface area contributed by atoms with Gasteiger partial charge in [-0.05, 0) is 18.1 Å². The largest absolute Gasteiger partial charge is 0.323 e. The zero-order chi connectivity index (χ0) is 14.2. The lowest BCUT2D eigenvalue weighted by Gasteiger charge is -2.12. The highest BCUT2D eigenvalue weighted by Gasteiger charge is 2.18. The topological polar surface area (TPSA) is 26.0 Å². The Morgan fingerprint density at radius 1 is 1.05 bits per heavy atom. The summed E-state index contributed by atoms with van der Waals surface area (Å²) in [6.45, 7) is 3.95. The van der Waals surface area contributed by atoms with Crippen LogP contribution in [0.4, 0.5) is 13.2 Å². The molecular formula is C14H14F3NS. The van der Waals surface area contributed by atoms with Crippen LogP contribution in [0.1, 0.15) is 24.8 Å². The van der Waals surface area contributed by atoms with Crippen molar-refractivity contribution in [2.75, 3.05) is 0 Å². The molecule has 1 heterocycles. The molecule has 0 fully saturated rings. The first-order chi connectivity index (χ1) is 8.90. The predicted octanol–water partition coefficient (Wildman–Crippen LogP) is 4.49. The molecule has 2 rings (SSSR count). The van der Waals surface area contributed by atoms with Crippen molar-refractivity contribution < 1.29 is 13.2 Å². The molecular weight excluding hydrogens is 271 g/mol. The number of rotatable bonds is 3. The van der Waals surface area contributed by atoms with E-state index in [0.717, 1.165) is 4.88 Å². The molecule has 0 aliphatic rings. The van der Waals surface area contributed by atoms with Gasteiger partial charge in [-0.2, -0.15) is 0 Å². The van der Waals surface area contributed by atoms with Crippen molar-refractivity contribution in [2.24, 2.45) is 11.7 Å². The fourth-order valence-corrected chi connectivity index (χ4v) is 3.00. The summed E-state index contributed by atoms with van der Waals surface area (Å²) in [5.41, 5.74) is 5.79. The maximum absolute atomic E-state index is 13.7. The lowest BCUT2D eigenvalue weighted by molar-refractivity contribution is 0.521. The van der Waals surface area contributed by atoms with Gasteiger partial charge in [-0.1, -0.05) is 13.8 Å². The van der Waals surface area contributed by atoms with Crippen LogP contribution >= 0.6 is 11.3 Å². The van der Waals surface area contributed by atoms with Crippen molar-refractivity contribution in [1.29, 1.82) is 0 Å². The second kappa shape index (κ2) is 5.35. The minimum absolute atomic E-state index is 0.176. The molecule has 0 aliphatic heterocycles. The number of hydrogen-bond donors (Lipinski definition) is 1. The summed E-state index contributed by atoms with van der Waals surface area (Å²) in [4.78, 5) is 1.27. The monoisotopic (exact) mass is 285 g/mol. The van der Waals surface area contributed by atoms with E-state index in [0.29, 0.717) is 17.0 Å². The molecule has 0 spiro atoms. The molecule has 102 valence electrons. The molecule has 1 unspecified atom stereocenters. The SMILES string of the molecule is CC(C)C(N)c1ccc(-c2c(F)cc(F)cc2F)s1. The molecule has 2 N–H and O–H groups in total. The zero-order valence-corrected chi connectivity index (χ0v) is 11.4. The van der Waals surface area contributed by atoms with Crippen LogP contribution in [0.5, 0.6) is 0 Å². The summed E-state index contributed by atoms with van der Waals surface area (Å²) in [7, 11) is 0. The Morgan fingerprint density at radius 2 is 1.63 bits per heavy atom. The van der Waals surface area contributed by atoms with E-state index < -0.39 is 17.5 Å². The van der Waals surface area contributed by atoms with Gasteiger partial charge in [0.2, 0.25) is 0 Å². The first-order valence-electron chi connectivity index (χ1n) is 5.90. The minimum Gasteiger partial charge on any atom is -0.323 e. The highest BCUT2D eigenvalue weighted by atomic mass is 32.1. The third kappa shape index (κ3) is 2.82. The number of benzene rings is 1. The average Bonchev–Trinajstić information content (AvgIpc) is 2.75. The van der Waals surface area contributed by atoms with E-state index in [4.69, 9.17) is 5.73 Å². The highest BCUT2D eigenvalue weighted by molar-refractivity contribution is 7.15. The Balaban J connectivity index is 2.44. The van der Waals surface area contributed by atoms with Crippen molar-refractivity contribution in [3.63, 3.8) is 0 Å². The molecule has 0 saturated carbocycles. The van der Waals surface area contributed by atoms with E-state index in [-0.39, 0.29) is 17.5 Å². The normalized spacial score (nSPS) is 13.0. The molecule has 0 aliphatic carbocycles. The summed E-state index contributed by atoms with van der Waals surface area (Å²) >= 11 is 1.23. The van der Waals surface area contributed by atoms with E-state index in [9.17, 15) is 13.2 Å². The average molecular weight is 285 g/mol. The van der Waals surface area contributed by atoms with Crippen LogP contribution in [0.15, 0.2) is 24.3 Å². The van der Waals surface area contributed by atoms with Gasteiger partial charge < -0.3 is 5.73 Å². The van der Waals surface area contributed by atoms with E-state index in [1.54, 1.807) is 12.1 Å². The summed E-state index contributed by atoms with van der Waals surface area (Å²) < 4.78 is 40.2. The van der Waals surface area contributed by atoms with Gasteiger partial charge in [0.25, 0.3) is 0 Å². The van der Waals surface area contributed by atoms with Crippen LogP contribution < -0.4 is 5.73 Å². The summed E-state index contributed by atoms with van der Waals surface area (Å²) in [6, 6.07) is 4.56. The fourth-order valence-electron chi connectivity index (χ4n) is 1.77. The van der Waals surface area contributed by atoms with Gasteiger partial charge in [-0.15, -0.1) is 11.3 Å². The fraction of sp³-hybridized carbons (Fsp3) is 0.286. The molecule has 0 amide bonds. The smallest absolute Gasteiger partial charge is 0.137 e. The van der Waals surface area contributed by atoms with Crippen LogP contribution in [0.25, 0.3) is 10.4 Å². The lowest BCUT2D eigenvalue weighted by atomic mass is 10.0. The van der Waals surface area contributed by atoms with Crippen molar-refractivity contribution >= 4 is 11.3 Å². The van der Waals surface area contributed by atoms with Gasteiger partial charge >= 0.3 is 0 Å². The second-order valence-corrected chi connectivity index (χ2v) is 5.83. The molecule has 1 aromatic heterocycles. The van der Waals surface area contributed by atoms with Crippen LogP contribution in [0, 0.1) is 23.4 Å². The van der Waals surface area contributed by atoms with E-state index in [2.05, 4.69) is 0 Å². The number of nitrogens with two attached hydrogens (primary N) is 1. The van der Waals surface area contributed by atoms with Crippen LogP contribution in [-0.4, -0.2) is 0 Å². The number of halogens is 3. The van der Waals surface area contributed by atoms with Crippen molar-refractivity contribution in [2.45, 2.75) is 19.9 Å². The molecule has 19 heavy (non-hydrogen) atoms. The predicted molar refractivity (Wildman–Crippen MR) is 71.4 cm³/mol. The van der Waals surface area contributed by atoms with E-state index in [1.165, 1.54) is 11.3 Å². The number of thiophene rings is 1. The van der Waals surface area contributed by atoms with Crippen molar-refractivity contribution in [3.05, 3.63) is 46.6 Å². The van der Waals surface area contributed by atoms with Gasteiger partial charge in [0.05, 0.1) is 5.56 Å². The molecule has 5 heteroatoms. The Labute approximate surface area is 113 Å². The Hall–Kier alpha value is -1.33. The van der Waals surface area contributed by atoms with Crippen LogP contribution in [-0.2, 0) is 0 Å². The molecule has 1 nitrogen and oxygen atoms in total. The standard InChI is InChI=1S/C14H14F3NS/c1-7(2)14(18)12-4-3-11(19-12)13-9(16)5-8(15)6-10(13)17/h3-7,14H,18H2,1-2H3. The van der Waals surface area contributed by atoms with Gasteiger partial charge in [0.1, 0.15) is 17.5 Å². The molecule has 1 aromatic carbocycles. The summed E-state index contributed by atoms with van der Waals surface area (Å²) in [6.07, 6.45) is 0. The summed E-state index contributed by atoms with van der Waals surface area (Å²) in [5.74, 6) is -2.49. The van der Waals surface area contributed by atoms with Gasteiger partial charge in [-0.3, -0.25) is 0 Å². The molecule has 0 radical (unpaired) electrons. The molecule has 1 atom stereocenters. The maximum atomic E-state index is 13.7. The highest BCUT2D eigenvalue weighted by Crippen LogP contribution is 2.35. The van der Waals surface area contributed by atoms with Gasteiger partial charge in [0, 0.05) is 27.9 Å². The Kier molecular flexibility index (Phi) is 3.96. The first-order valence-corrected chi connectivity index (χ1v) is 6.72. The third-order valence-electron chi connectivity index (χ3n) is 2.93. The molecule has 0 bridgehead atoms. The summed E-state index contributed by atoms with van der Waals surface area (Å²) in [5, 5.41) is 0. The van der Waals surface area contributed by atoms with Gasteiger partial charge in [-0.25, -0.2) is 13.2 Å². The Bertz CT molecular complexity index is 569.